The van der Waals surface area contributed by atoms with E-state index in [1.54, 1.807) is 32.5 Å². The zero-order chi connectivity index (χ0) is 33.6. The summed E-state index contributed by atoms with van der Waals surface area (Å²) in [7, 11) is 1.53. The van der Waals surface area contributed by atoms with Crippen LogP contribution in [0.15, 0.2) is 94.4 Å². The Hall–Kier alpha value is -6.50. The number of imidazole rings is 1. The third-order valence-corrected chi connectivity index (χ3v) is 8.96. The van der Waals surface area contributed by atoms with E-state index in [4.69, 9.17) is 14.9 Å². The number of nitrogens with zero attached hydrogens (tertiary/aromatic N) is 6. The molecule has 0 unspecified atom stereocenters. The number of anilines is 1. The molecule has 0 bridgehead atoms. The largest absolute Gasteiger partial charge is 0.496 e. The number of rotatable bonds is 6. The van der Waals surface area contributed by atoms with Crippen LogP contribution >= 0.6 is 0 Å². The Labute approximate surface area is 278 Å². The number of aromatic nitrogens is 5. The monoisotopic (exact) mass is 654 g/mol. The van der Waals surface area contributed by atoms with Crippen LogP contribution in [0.4, 0.5) is 6.01 Å². The number of nitrogens with one attached hydrogen (secondary N) is 1. The quantitative estimate of drug-likeness (QED) is 0.268. The first-order chi connectivity index (χ1) is 23.9. The van der Waals surface area contributed by atoms with Crippen LogP contribution in [-0.2, 0) is 6.42 Å². The van der Waals surface area contributed by atoms with Gasteiger partial charge in [-0.15, -0.1) is 0 Å². The van der Waals surface area contributed by atoms with E-state index in [9.17, 15) is 14.4 Å². The van der Waals surface area contributed by atoms with Gasteiger partial charge < -0.3 is 24.7 Å². The molecular weight excluding hydrogens is 624 g/mol. The number of piperazine rings is 1. The first kappa shape index (κ1) is 29.9. The number of pyridine rings is 1. The highest BCUT2D eigenvalue weighted by Crippen LogP contribution is 2.28. The van der Waals surface area contributed by atoms with Crippen LogP contribution in [0.25, 0.3) is 38.6 Å². The Morgan fingerprint density at radius 2 is 1.67 bits per heavy atom. The van der Waals surface area contributed by atoms with Gasteiger partial charge in [-0.05, 0) is 59.2 Å². The first-order valence-electron chi connectivity index (χ1n) is 15.7. The van der Waals surface area contributed by atoms with Crippen molar-refractivity contribution in [3.63, 3.8) is 0 Å². The average molecular weight is 655 g/mol. The molecule has 1 aliphatic rings. The number of fused-ring (bicyclic) bond motifs is 3. The van der Waals surface area contributed by atoms with Crippen molar-refractivity contribution < 1.29 is 18.7 Å². The van der Waals surface area contributed by atoms with Crippen molar-refractivity contribution in [2.24, 2.45) is 0 Å². The molecule has 5 heterocycles. The van der Waals surface area contributed by atoms with Crippen molar-refractivity contribution in [2.45, 2.75) is 6.42 Å². The summed E-state index contributed by atoms with van der Waals surface area (Å²) in [6, 6.07) is 22.3. The maximum atomic E-state index is 13.8. The van der Waals surface area contributed by atoms with Gasteiger partial charge >= 0.3 is 0 Å². The SMILES string of the molecule is COc1ccc(Cc2n[nH]c(=O)c3ccccc23)cc1C(=O)N1CCN(C(=O)c2cnc3ccc(-c4ccc5oc(N)nc5c4)cn23)CC1. The van der Waals surface area contributed by atoms with Crippen LogP contribution in [0.2, 0.25) is 0 Å². The zero-order valence-corrected chi connectivity index (χ0v) is 26.4. The molecule has 0 atom stereocenters. The second kappa shape index (κ2) is 11.9. The summed E-state index contributed by atoms with van der Waals surface area (Å²) < 4.78 is 12.7. The topological polar surface area (TPSA) is 165 Å². The fourth-order valence-electron chi connectivity index (χ4n) is 6.41. The number of methoxy groups -OCH3 is 1. The van der Waals surface area contributed by atoms with Crippen molar-refractivity contribution in [3.05, 3.63) is 118 Å². The van der Waals surface area contributed by atoms with Crippen molar-refractivity contribution >= 4 is 45.3 Å². The molecule has 7 aromatic rings. The van der Waals surface area contributed by atoms with E-state index in [0.717, 1.165) is 22.1 Å². The average Bonchev–Trinajstić information content (AvgIpc) is 3.74. The molecule has 0 radical (unpaired) electrons. The Bertz CT molecular complexity index is 2470. The third kappa shape index (κ3) is 5.40. The predicted molar refractivity (Wildman–Crippen MR) is 183 cm³/mol. The molecule has 0 spiro atoms. The summed E-state index contributed by atoms with van der Waals surface area (Å²) >= 11 is 0. The highest BCUT2D eigenvalue weighted by molar-refractivity contribution is 5.98. The number of nitrogen functional groups attached to an aromatic ring is 1. The molecule has 4 aromatic heterocycles. The molecule has 13 heteroatoms. The summed E-state index contributed by atoms with van der Waals surface area (Å²) in [5, 5.41) is 8.18. The van der Waals surface area contributed by atoms with Crippen molar-refractivity contribution in [1.82, 2.24) is 34.4 Å². The molecule has 3 N–H and O–H groups in total. The molecule has 2 amide bonds. The lowest BCUT2D eigenvalue weighted by Gasteiger charge is -2.35. The number of hydrogen-bond acceptors (Lipinski definition) is 9. The van der Waals surface area contributed by atoms with Gasteiger partial charge in [-0.3, -0.25) is 18.8 Å². The van der Waals surface area contributed by atoms with Crippen molar-refractivity contribution in [2.75, 3.05) is 39.0 Å². The molecule has 1 fully saturated rings. The van der Waals surface area contributed by atoms with Crippen LogP contribution in [0.3, 0.4) is 0 Å². The molecule has 8 rings (SSSR count). The minimum absolute atomic E-state index is 0.105. The number of oxazole rings is 1. The first-order valence-corrected chi connectivity index (χ1v) is 15.7. The zero-order valence-electron chi connectivity index (χ0n) is 26.4. The summed E-state index contributed by atoms with van der Waals surface area (Å²) in [6.45, 7) is 1.42. The van der Waals surface area contributed by atoms with E-state index in [0.29, 0.717) is 77.4 Å². The number of carbonyl (C=O) groups is 2. The van der Waals surface area contributed by atoms with Crippen LogP contribution in [0, 0.1) is 0 Å². The van der Waals surface area contributed by atoms with E-state index in [1.807, 2.05) is 66.9 Å². The van der Waals surface area contributed by atoms with E-state index in [-0.39, 0.29) is 23.4 Å². The Kier molecular flexibility index (Phi) is 7.28. The van der Waals surface area contributed by atoms with Crippen molar-refractivity contribution in [3.8, 4) is 16.9 Å². The van der Waals surface area contributed by atoms with Crippen LogP contribution in [0.5, 0.6) is 5.75 Å². The lowest BCUT2D eigenvalue weighted by molar-refractivity contribution is 0.0530. The van der Waals surface area contributed by atoms with Gasteiger partial charge in [0.05, 0.1) is 30.0 Å². The highest BCUT2D eigenvalue weighted by Gasteiger charge is 2.28. The van der Waals surface area contributed by atoms with Gasteiger partial charge in [0.15, 0.2) is 5.58 Å². The Morgan fingerprint density at radius 3 is 2.47 bits per heavy atom. The molecular formula is C36H30N8O5. The standard InChI is InChI=1S/C36H30N8O5/c1-48-30-9-6-21(17-27-24-4-2-3-5-25(24)33(45)41-40-27)16-26(30)34(46)42-12-14-43(15-13-42)35(47)29-19-38-32-11-8-23(20-44(29)32)22-7-10-31-28(18-22)39-36(37)49-31/h2-11,16,18-20H,12-15,17H2,1H3,(H2,37,39)(H,41,45). The van der Waals surface area contributed by atoms with E-state index in [2.05, 4.69) is 20.2 Å². The number of aromatic amines is 1. The maximum absolute atomic E-state index is 13.8. The van der Waals surface area contributed by atoms with Gasteiger partial charge in [-0.2, -0.15) is 10.1 Å². The van der Waals surface area contributed by atoms with Crippen molar-refractivity contribution in [1.29, 1.82) is 0 Å². The van der Waals surface area contributed by atoms with E-state index in [1.165, 1.54) is 7.11 Å². The minimum Gasteiger partial charge on any atom is -0.496 e. The lowest BCUT2D eigenvalue weighted by Crippen LogP contribution is -2.50. The predicted octanol–water partition coefficient (Wildman–Crippen LogP) is 4.16. The normalized spacial score (nSPS) is 13.4. The minimum atomic E-state index is -0.249. The van der Waals surface area contributed by atoms with Gasteiger partial charge in [0.1, 0.15) is 22.6 Å². The smallest absolute Gasteiger partial charge is 0.292 e. The molecule has 0 saturated carbocycles. The maximum Gasteiger partial charge on any atom is 0.292 e. The second-order valence-electron chi connectivity index (χ2n) is 11.9. The Morgan fingerprint density at radius 1 is 0.918 bits per heavy atom. The highest BCUT2D eigenvalue weighted by atomic mass is 16.5. The number of ether oxygens (including phenoxy) is 1. The molecule has 0 aliphatic carbocycles. The molecule has 244 valence electrons. The van der Waals surface area contributed by atoms with Gasteiger partial charge in [0.25, 0.3) is 23.4 Å². The van der Waals surface area contributed by atoms with Gasteiger partial charge in [-0.25, -0.2) is 10.1 Å². The fourth-order valence-corrected chi connectivity index (χ4v) is 6.41. The fraction of sp³-hybridized carbons (Fsp3) is 0.167. The Balaban J connectivity index is 0.988. The number of benzene rings is 3. The number of nitrogens with two attached hydrogens (primary N) is 1. The summed E-state index contributed by atoms with van der Waals surface area (Å²) in [6.07, 6.45) is 3.87. The van der Waals surface area contributed by atoms with E-state index < -0.39 is 0 Å². The second-order valence-corrected chi connectivity index (χ2v) is 11.9. The van der Waals surface area contributed by atoms with E-state index >= 15 is 0 Å². The molecule has 13 nitrogen and oxygen atoms in total. The van der Waals surface area contributed by atoms with Crippen LogP contribution < -0.4 is 16.0 Å². The summed E-state index contributed by atoms with van der Waals surface area (Å²) in [4.78, 5) is 52.0. The number of hydrogen-bond donors (Lipinski definition) is 2. The number of amides is 2. The molecule has 3 aromatic carbocycles. The summed E-state index contributed by atoms with van der Waals surface area (Å²) in [5.41, 5.74) is 11.5. The number of H-pyrrole nitrogens is 1. The van der Waals surface area contributed by atoms with Gasteiger partial charge in [0.2, 0.25) is 0 Å². The summed E-state index contributed by atoms with van der Waals surface area (Å²) in [5.74, 6) is 0.103. The van der Waals surface area contributed by atoms with Gasteiger partial charge in [0, 0.05) is 44.2 Å². The third-order valence-electron chi connectivity index (χ3n) is 8.96. The van der Waals surface area contributed by atoms with Crippen LogP contribution in [-0.4, -0.2) is 79.5 Å². The molecule has 49 heavy (non-hydrogen) atoms. The molecule has 1 aliphatic heterocycles. The van der Waals surface area contributed by atoms with Crippen LogP contribution in [0.1, 0.15) is 32.1 Å². The van der Waals surface area contributed by atoms with Gasteiger partial charge in [-0.1, -0.05) is 30.3 Å². The lowest BCUT2D eigenvalue weighted by atomic mass is 10.0. The molecule has 1 saturated heterocycles. The number of carbonyl (C=O) groups excluding carboxylic acids is 2.